The van der Waals surface area contributed by atoms with Crippen LogP contribution in [0.4, 0.5) is 0 Å². The number of nitrogens with one attached hydrogen (secondary N) is 1. The lowest BCUT2D eigenvalue weighted by atomic mass is 10.2. The fraction of sp³-hybridized carbons (Fsp3) is 0.625. The SMILES string of the molecule is CSC1(O)N=CC2=C(CCCS2)N1. The number of hydrogen-bond acceptors (Lipinski definition) is 5. The topological polar surface area (TPSA) is 44.6 Å². The summed E-state index contributed by atoms with van der Waals surface area (Å²) in [7, 11) is 0. The van der Waals surface area contributed by atoms with Crippen LogP contribution in [0.25, 0.3) is 0 Å². The van der Waals surface area contributed by atoms with Crippen LogP contribution in [0.15, 0.2) is 15.6 Å². The van der Waals surface area contributed by atoms with E-state index in [-0.39, 0.29) is 0 Å². The quantitative estimate of drug-likeness (QED) is 0.650. The Kier molecular flexibility index (Phi) is 2.58. The van der Waals surface area contributed by atoms with Crippen molar-refractivity contribution in [1.29, 1.82) is 0 Å². The van der Waals surface area contributed by atoms with E-state index in [1.165, 1.54) is 23.1 Å². The van der Waals surface area contributed by atoms with E-state index in [4.69, 9.17) is 0 Å². The van der Waals surface area contributed by atoms with Crippen molar-refractivity contribution in [3.63, 3.8) is 0 Å². The molecule has 2 heterocycles. The summed E-state index contributed by atoms with van der Waals surface area (Å²) in [6, 6.07) is 0. The fourth-order valence-corrected chi connectivity index (χ4v) is 2.71. The summed E-state index contributed by atoms with van der Waals surface area (Å²) in [4.78, 5) is 5.25. The van der Waals surface area contributed by atoms with Crippen molar-refractivity contribution < 1.29 is 5.11 Å². The van der Waals surface area contributed by atoms with Crippen LogP contribution in [-0.2, 0) is 0 Å². The second-order valence-corrected chi connectivity index (χ2v) is 5.10. The molecule has 2 N–H and O–H groups in total. The highest BCUT2D eigenvalue weighted by atomic mass is 32.2. The van der Waals surface area contributed by atoms with Crippen LogP contribution in [0.3, 0.4) is 0 Å². The van der Waals surface area contributed by atoms with Gasteiger partial charge in [0.05, 0.1) is 0 Å². The van der Waals surface area contributed by atoms with Gasteiger partial charge in [0.15, 0.2) is 0 Å². The lowest BCUT2D eigenvalue weighted by Crippen LogP contribution is -2.42. The standard InChI is InChI=1S/C8H12N2OS2/c1-12-8(11)9-5-7-6(10-8)3-2-4-13-7/h5,10-11H,2-4H2,1H3. The highest BCUT2D eigenvalue weighted by molar-refractivity contribution is 8.04. The van der Waals surface area contributed by atoms with E-state index < -0.39 is 5.18 Å². The van der Waals surface area contributed by atoms with E-state index >= 15 is 0 Å². The first kappa shape index (κ1) is 9.43. The maximum atomic E-state index is 9.83. The van der Waals surface area contributed by atoms with E-state index in [1.807, 2.05) is 6.26 Å². The van der Waals surface area contributed by atoms with Crippen LogP contribution in [0.1, 0.15) is 12.8 Å². The highest BCUT2D eigenvalue weighted by Crippen LogP contribution is 2.33. The zero-order valence-corrected chi connectivity index (χ0v) is 9.04. The average Bonchev–Trinajstić information content (AvgIpc) is 2.18. The minimum Gasteiger partial charge on any atom is -0.344 e. The zero-order chi connectivity index (χ0) is 9.31. The van der Waals surface area contributed by atoms with Crippen molar-refractivity contribution in [2.45, 2.75) is 18.0 Å². The van der Waals surface area contributed by atoms with Crippen LogP contribution in [0, 0.1) is 0 Å². The molecule has 0 bridgehead atoms. The molecule has 0 spiro atoms. The number of thioether (sulfide) groups is 2. The van der Waals surface area contributed by atoms with Crippen molar-refractivity contribution in [3.8, 4) is 0 Å². The van der Waals surface area contributed by atoms with Gasteiger partial charge in [-0.3, -0.25) is 0 Å². The number of aliphatic hydroxyl groups is 1. The van der Waals surface area contributed by atoms with Crippen molar-refractivity contribution in [2.75, 3.05) is 12.0 Å². The molecule has 0 aromatic heterocycles. The second-order valence-electron chi connectivity index (χ2n) is 2.99. The van der Waals surface area contributed by atoms with Gasteiger partial charge in [0.25, 0.3) is 5.18 Å². The van der Waals surface area contributed by atoms with Gasteiger partial charge in [-0.25, -0.2) is 4.99 Å². The molecule has 0 aliphatic carbocycles. The van der Waals surface area contributed by atoms with Crippen LogP contribution < -0.4 is 5.32 Å². The van der Waals surface area contributed by atoms with Gasteiger partial charge in [0, 0.05) is 16.8 Å². The van der Waals surface area contributed by atoms with Gasteiger partial charge >= 0.3 is 0 Å². The zero-order valence-electron chi connectivity index (χ0n) is 7.41. The Balaban J connectivity index is 2.20. The van der Waals surface area contributed by atoms with Gasteiger partial charge < -0.3 is 10.4 Å². The van der Waals surface area contributed by atoms with Crippen LogP contribution in [0.5, 0.6) is 0 Å². The Bertz CT molecular complexity index is 277. The average molecular weight is 216 g/mol. The second kappa shape index (κ2) is 3.55. The first-order valence-corrected chi connectivity index (χ1v) is 6.41. The molecule has 2 rings (SSSR count). The van der Waals surface area contributed by atoms with E-state index in [2.05, 4.69) is 10.3 Å². The number of aliphatic imine (C=N–C) groups is 1. The minimum absolute atomic E-state index is 1.03. The minimum atomic E-state index is -1.13. The summed E-state index contributed by atoms with van der Waals surface area (Å²) < 4.78 is 0. The van der Waals surface area contributed by atoms with Gasteiger partial charge in [-0.2, -0.15) is 0 Å². The predicted octanol–water partition coefficient (Wildman–Crippen LogP) is 1.37. The molecule has 0 saturated heterocycles. The fourth-order valence-electron chi connectivity index (χ4n) is 1.36. The third kappa shape index (κ3) is 1.87. The number of allylic oxidation sites excluding steroid dienone is 2. The molecular formula is C8H12N2OS2. The summed E-state index contributed by atoms with van der Waals surface area (Å²) in [5.41, 5.74) is 1.14. The van der Waals surface area contributed by atoms with E-state index in [1.54, 1.807) is 18.0 Å². The summed E-state index contributed by atoms with van der Waals surface area (Å²) in [5.74, 6) is 1.16. The first-order chi connectivity index (χ1) is 6.23. The van der Waals surface area contributed by atoms with Crippen molar-refractivity contribution in [3.05, 3.63) is 10.6 Å². The van der Waals surface area contributed by atoms with Crippen molar-refractivity contribution in [1.82, 2.24) is 5.32 Å². The van der Waals surface area contributed by atoms with Crippen LogP contribution in [0.2, 0.25) is 0 Å². The molecule has 0 fully saturated rings. The van der Waals surface area contributed by atoms with Gasteiger partial charge in [-0.1, -0.05) is 11.8 Å². The van der Waals surface area contributed by atoms with E-state index in [0.717, 1.165) is 17.9 Å². The first-order valence-electron chi connectivity index (χ1n) is 4.20. The summed E-state index contributed by atoms with van der Waals surface area (Å²) >= 11 is 3.11. The number of nitrogens with zero attached hydrogens (tertiary/aromatic N) is 1. The third-order valence-electron chi connectivity index (χ3n) is 2.08. The van der Waals surface area contributed by atoms with Gasteiger partial charge in [0.1, 0.15) is 0 Å². The Morgan fingerprint density at radius 2 is 2.62 bits per heavy atom. The Labute approximate surface area is 86.1 Å². The maximum absolute atomic E-state index is 9.83. The molecule has 0 amide bonds. The third-order valence-corrected chi connectivity index (χ3v) is 4.01. The molecule has 0 radical (unpaired) electrons. The van der Waals surface area contributed by atoms with Gasteiger partial charge in [-0.15, -0.1) is 11.8 Å². The summed E-state index contributed by atoms with van der Waals surface area (Å²) in [6.07, 6.45) is 5.82. The molecule has 1 atom stereocenters. The van der Waals surface area contributed by atoms with Crippen LogP contribution in [-0.4, -0.2) is 28.5 Å². The molecule has 72 valence electrons. The smallest absolute Gasteiger partial charge is 0.285 e. The van der Waals surface area contributed by atoms with Gasteiger partial charge in [-0.05, 0) is 24.9 Å². The molecule has 1 unspecified atom stereocenters. The predicted molar refractivity (Wildman–Crippen MR) is 58.8 cm³/mol. The molecular weight excluding hydrogens is 204 g/mol. The maximum Gasteiger partial charge on any atom is 0.285 e. The molecule has 2 aliphatic heterocycles. The normalized spacial score (nSPS) is 32.8. The Hall–Kier alpha value is -0.130. The highest BCUT2D eigenvalue weighted by Gasteiger charge is 2.30. The van der Waals surface area contributed by atoms with E-state index in [0.29, 0.717) is 0 Å². The van der Waals surface area contributed by atoms with Crippen molar-refractivity contribution >= 4 is 29.7 Å². The lowest BCUT2D eigenvalue weighted by molar-refractivity contribution is 0.119. The molecule has 3 nitrogen and oxygen atoms in total. The molecule has 13 heavy (non-hydrogen) atoms. The summed E-state index contributed by atoms with van der Waals surface area (Å²) in [5, 5.41) is 11.8. The monoisotopic (exact) mass is 216 g/mol. The molecule has 2 aliphatic rings. The molecule has 0 saturated carbocycles. The van der Waals surface area contributed by atoms with Crippen molar-refractivity contribution in [2.24, 2.45) is 4.99 Å². The lowest BCUT2D eigenvalue weighted by Gasteiger charge is -2.31. The Morgan fingerprint density at radius 1 is 1.77 bits per heavy atom. The largest absolute Gasteiger partial charge is 0.344 e. The number of rotatable bonds is 1. The molecule has 0 aromatic carbocycles. The number of hydrogen-bond donors (Lipinski definition) is 2. The molecule has 5 heteroatoms. The molecule has 0 aromatic rings. The summed E-state index contributed by atoms with van der Waals surface area (Å²) in [6.45, 7) is 0. The van der Waals surface area contributed by atoms with Gasteiger partial charge in [0.2, 0.25) is 0 Å². The van der Waals surface area contributed by atoms with Crippen LogP contribution >= 0.6 is 23.5 Å². The Morgan fingerprint density at radius 3 is 3.38 bits per heavy atom. The van der Waals surface area contributed by atoms with E-state index in [9.17, 15) is 5.11 Å².